The highest BCUT2D eigenvalue weighted by Gasteiger charge is 2.58. The highest BCUT2D eigenvalue weighted by molar-refractivity contribution is 5.98. The van der Waals surface area contributed by atoms with Crippen LogP contribution in [-0.2, 0) is 14.4 Å². The Bertz CT molecular complexity index is 431. The lowest BCUT2D eigenvalue weighted by molar-refractivity contribution is -0.199. The van der Waals surface area contributed by atoms with E-state index in [1.807, 2.05) is 0 Å². The summed E-state index contributed by atoms with van der Waals surface area (Å²) in [5.41, 5.74) is 0. The molecule has 0 radical (unpaired) electrons. The van der Waals surface area contributed by atoms with Crippen molar-refractivity contribution >= 4 is 17.3 Å². The maximum absolute atomic E-state index is 12.7. The topological polar surface area (TPSA) is 51.2 Å². The first kappa shape index (κ1) is 20.3. The van der Waals surface area contributed by atoms with Crippen LogP contribution in [0.4, 0.5) is 43.9 Å². The third kappa shape index (κ3) is 5.26. The fraction of sp³-hybridized carbons (Fsp3) is 0.667. The molecule has 0 aliphatic heterocycles. The number of carbonyl (C=O) groups excluding carboxylic acids is 3. The average molecular weight is 350 g/mol. The minimum Gasteiger partial charge on any atom is -0.299 e. The van der Waals surface area contributed by atoms with Crippen molar-refractivity contribution in [3.05, 3.63) is 0 Å². The van der Waals surface area contributed by atoms with E-state index in [9.17, 15) is 58.3 Å². The molecule has 0 aromatic heterocycles. The van der Waals surface area contributed by atoms with E-state index < -0.39 is 54.4 Å². The highest BCUT2D eigenvalue weighted by Crippen LogP contribution is 2.34. The van der Waals surface area contributed by atoms with E-state index in [2.05, 4.69) is 0 Å². The largest absolute Gasteiger partial charge is 0.456 e. The maximum Gasteiger partial charge on any atom is 0.456 e. The summed E-state index contributed by atoms with van der Waals surface area (Å²) in [6.07, 6.45) is -17.6. The molecule has 0 aliphatic rings. The summed E-state index contributed by atoms with van der Waals surface area (Å²) in [6, 6.07) is 0. The first-order valence-corrected chi connectivity index (χ1v) is 4.92. The van der Waals surface area contributed by atoms with Gasteiger partial charge in [-0.05, 0) is 0 Å². The molecule has 0 N–H and O–H groups in total. The monoisotopic (exact) mass is 350 g/mol. The Kier molecular flexibility index (Phi) is 5.39. The molecule has 0 amide bonds. The zero-order valence-electron chi connectivity index (χ0n) is 9.92. The van der Waals surface area contributed by atoms with Crippen LogP contribution in [0.25, 0.3) is 0 Å². The molecule has 0 rings (SSSR count). The van der Waals surface area contributed by atoms with Crippen molar-refractivity contribution < 1.29 is 58.3 Å². The van der Waals surface area contributed by atoms with Gasteiger partial charge in [-0.1, -0.05) is 0 Å². The Morgan fingerprint density at radius 2 is 0.773 bits per heavy atom. The Balaban J connectivity index is 5.04. The molecule has 0 heterocycles. The Labute approximate surface area is 114 Å². The Hall–Kier alpha value is -1.69. The minimum atomic E-state index is -6.09. The number of halogens is 10. The molecule has 0 saturated heterocycles. The quantitative estimate of drug-likeness (QED) is 0.693. The van der Waals surface area contributed by atoms with Gasteiger partial charge in [-0.15, -0.1) is 0 Å². The van der Waals surface area contributed by atoms with Gasteiger partial charge in [-0.25, -0.2) is 0 Å². The number of hydrogen-bond donors (Lipinski definition) is 0. The van der Waals surface area contributed by atoms with Crippen molar-refractivity contribution in [3.8, 4) is 0 Å². The molecule has 13 heteroatoms. The lowest BCUT2D eigenvalue weighted by atomic mass is 10.0. The zero-order valence-corrected chi connectivity index (χ0v) is 9.92. The number of Topliss-reactive ketones (excluding diaryl/α,β-unsaturated/α-hetero) is 3. The molecule has 0 unspecified atom stereocenters. The standard InChI is InChI=1S/C9H4F10O3/c10-6(11,4(21)8(14,15)16)1-3(20)2-7(12,13)5(22)9(17,18)19/h1-2H2. The molecular formula is C9H4F10O3. The van der Waals surface area contributed by atoms with Gasteiger partial charge in [-0.2, -0.15) is 43.9 Å². The molecule has 128 valence electrons. The molecular weight excluding hydrogens is 346 g/mol. The van der Waals surface area contributed by atoms with Gasteiger partial charge in [0, 0.05) is 0 Å². The summed E-state index contributed by atoms with van der Waals surface area (Å²) < 4.78 is 121. The number of rotatable bonds is 6. The van der Waals surface area contributed by atoms with Crippen molar-refractivity contribution in [1.82, 2.24) is 0 Å². The van der Waals surface area contributed by atoms with Crippen LogP contribution in [0.15, 0.2) is 0 Å². The van der Waals surface area contributed by atoms with Crippen molar-refractivity contribution in [3.63, 3.8) is 0 Å². The van der Waals surface area contributed by atoms with Gasteiger partial charge in [0.25, 0.3) is 0 Å². The molecule has 0 aromatic rings. The first-order valence-electron chi connectivity index (χ1n) is 4.92. The van der Waals surface area contributed by atoms with Gasteiger partial charge in [0.2, 0.25) is 0 Å². The number of hydrogen-bond acceptors (Lipinski definition) is 3. The van der Waals surface area contributed by atoms with Crippen LogP contribution in [0.1, 0.15) is 12.8 Å². The van der Waals surface area contributed by atoms with Crippen LogP contribution >= 0.6 is 0 Å². The molecule has 0 spiro atoms. The molecule has 3 nitrogen and oxygen atoms in total. The highest BCUT2D eigenvalue weighted by atomic mass is 19.4. The summed E-state index contributed by atoms with van der Waals surface area (Å²) in [5, 5.41) is 0. The summed E-state index contributed by atoms with van der Waals surface area (Å²) in [7, 11) is 0. The predicted octanol–water partition coefficient (Wildman–Crippen LogP) is 2.87. The molecule has 0 fully saturated rings. The Morgan fingerprint density at radius 1 is 0.545 bits per heavy atom. The van der Waals surface area contributed by atoms with Crippen molar-refractivity contribution in [2.24, 2.45) is 0 Å². The molecule has 22 heavy (non-hydrogen) atoms. The minimum absolute atomic E-state index is 2.52. The molecule has 0 aliphatic carbocycles. The normalized spacial score (nSPS) is 13.9. The van der Waals surface area contributed by atoms with Crippen molar-refractivity contribution in [2.45, 2.75) is 37.0 Å². The summed E-state index contributed by atoms with van der Waals surface area (Å²) in [6.45, 7) is 0. The average Bonchev–Trinajstić information content (AvgIpc) is 2.22. The van der Waals surface area contributed by atoms with E-state index in [1.165, 1.54) is 0 Å². The zero-order chi connectivity index (χ0) is 18.1. The van der Waals surface area contributed by atoms with Crippen LogP contribution in [0.2, 0.25) is 0 Å². The van der Waals surface area contributed by atoms with Gasteiger partial charge < -0.3 is 0 Å². The predicted molar refractivity (Wildman–Crippen MR) is 46.3 cm³/mol. The van der Waals surface area contributed by atoms with E-state index in [1.54, 1.807) is 0 Å². The summed E-state index contributed by atoms with van der Waals surface area (Å²) in [5.74, 6) is -20.8. The number of alkyl halides is 10. The second-order valence-corrected chi connectivity index (χ2v) is 3.95. The second kappa shape index (κ2) is 5.83. The van der Waals surface area contributed by atoms with Crippen molar-refractivity contribution in [2.75, 3.05) is 0 Å². The smallest absolute Gasteiger partial charge is 0.299 e. The van der Waals surface area contributed by atoms with Gasteiger partial charge in [0.05, 0.1) is 12.8 Å². The fourth-order valence-electron chi connectivity index (χ4n) is 1.13. The van der Waals surface area contributed by atoms with Crippen molar-refractivity contribution in [1.29, 1.82) is 0 Å². The van der Waals surface area contributed by atoms with Crippen LogP contribution < -0.4 is 0 Å². The number of carbonyl (C=O) groups is 3. The lowest BCUT2D eigenvalue weighted by Gasteiger charge is -2.18. The van der Waals surface area contributed by atoms with Gasteiger partial charge in [-0.3, -0.25) is 14.4 Å². The SMILES string of the molecule is O=C(CC(F)(F)C(=O)C(F)(F)F)CC(F)(F)C(=O)C(F)(F)F. The number of ketones is 3. The fourth-order valence-corrected chi connectivity index (χ4v) is 1.13. The second-order valence-electron chi connectivity index (χ2n) is 3.95. The van der Waals surface area contributed by atoms with Crippen LogP contribution in [0.5, 0.6) is 0 Å². The van der Waals surface area contributed by atoms with Gasteiger partial charge in [0.15, 0.2) is 0 Å². The third-order valence-corrected chi connectivity index (χ3v) is 2.02. The van der Waals surface area contributed by atoms with E-state index in [-0.39, 0.29) is 0 Å². The van der Waals surface area contributed by atoms with Crippen LogP contribution in [-0.4, -0.2) is 41.5 Å². The molecule has 0 aromatic carbocycles. The lowest BCUT2D eigenvalue weighted by Crippen LogP contribution is -2.44. The van der Waals surface area contributed by atoms with E-state index in [4.69, 9.17) is 0 Å². The van der Waals surface area contributed by atoms with E-state index >= 15 is 0 Å². The maximum atomic E-state index is 12.7. The molecule has 0 saturated carbocycles. The van der Waals surface area contributed by atoms with E-state index in [0.29, 0.717) is 0 Å². The molecule has 0 atom stereocenters. The first-order chi connectivity index (χ1) is 9.41. The summed E-state index contributed by atoms with van der Waals surface area (Å²) >= 11 is 0. The van der Waals surface area contributed by atoms with E-state index in [0.717, 1.165) is 0 Å². The van der Waals surface area contributed by atoms with Crippen LogP contribution in [0.3, 0.4) is 0 Å². The Morgan fingerprint density at radius 3 is 0.955 bits per heavy atom. The molecule has 0 bridgehead atoms. The summed E-state index contributed by atoms with van der Waals surface area (Å²) in [4.78, 5) is 31.2. The van der Waals surface area contributed by atoms with Crippen LogP contribution in [0, 0.1) is 0 Å². The third-order valence-electron chi connectivity index (χ3n) is 2.02. The van der Waals surface area contributed by atoms with Gasteiger partial charge in [0.1, 0.15) is 5.78 Å². The van der Waals surface area contributed by atoms with Gasteiger partial charge >= 0.3 is 35.8 Å².